The Morgan fingerprint density at radius 3 is 2.60 bits per heavy atom. The number of likely N-dealkylation sites (tertiary alicyclic amines) is 1. The van der Waals surface area contributed by atoms with Crippen molar-refractivity contribution in [1.82, 2.24) is 10.2 Å². The molecule has 1 N–H and O–H groups in total. The first-order chi connectivity index (χ1) is 14.5. The maximum atomic E-state index is 13.0. The molecule has 1 saturated heterocycles. The van der Waals surface area contributed by atoms with Gasteiger partial charge in [0.1, 0.15) is 17.1 Å². The maximum Gasteiger partial charge on any atom is 0.336 e. The second-order valence-corrected chi connectivity index (χ2v) is 7.48. The zero-order chi connectivity index (χ0) is 21.1. The van der Waals surface area contributed by atoms with Crippen molar-refractivity contribution in [2.75, 3.05) is 20.2 Å². The van der Waals surface area contributed by atoms with Gasteiger partial charge in [-0.05, 0) is 54.8 Å². The van der Waals surface area contributed by atoms with E-state index in [0.29, 0.717) is 23.4 Å². The molecule has 1 fully saturated rings. The number of benzene rings is 2. The van der Waals surface area contributed by atoms with E-state index in [1.165, 1.54) is 30.3 Å². The highest BCUT2D eigenvalue weighted by Crippen LogP contribution is 2.24. The zero-order valence-electron chi connectivity index (χ0n) is 16.7. The summed E-state index contributed by atoms with van der Waals surface area (Å²) in [5.41, 5.74) is 1.50. The second-order valence-electron chi connectivity index (χ2n) is 7.48. The molecule has 3 aromatic rings. The standard InChI is InChI=1S/C23H23FN2O4/c1-29-19-6-7-20-16(12-22(27)30-21(20)13-19)14-26-10-8-18(9-11-26)25-23(28)15-2-4-17(24)5-3-15/h2-7,12-13,18H,8-11,14H2,1H3,(H,25,28). The van der Waals surface area contributed by atoms with Crippen LogP contribution in [0.25, 0.3) is 11.0 Å². The SMILES string of the molecule is COc1ccc2c(CN3CCC(NC(=O)c4ccc(F)cc4)CC3)cc(=O)oc2c1. The van der Waals surface area contributed by atoms with Crippen molar-refractivity contribution >= 4 is 16.9 Å². The van der Waals surface area contributed by atoms with Gasteiger partial charge in [0.15, 0.2) is 0 Å². The van der Waals surface area contributed by atoms with E-state index in [-0.39, 0.29) is 23.4 Å². The predicted octanol–water partition coefficient (Wildman–Crippen LogP) is 3.34. The van der Waals surface area contributed by atoms with Crippen LogP contribution in [0.2, 0.25) is 0 Å². The number of hydrogen-bond donors (Lipinski definition) is 1. The summed E-state index contributed by atoms with van der Waals surface area (Å²) in [6.07, 6.45) is 1.61. The fraction of sp³-hybridized carbons (Fsp3) is 0.304. The average molecular weight is 410 g/mol. The van der Waals surface area contributed by atoms with Crippen LogP contribution in [0.3, 0.4) is 0 Å². The molecule has 0 radical (unpaired) electrons. The van der Waals surface area contributed by atoms with Crippen molar-refractivity contribution in [1.29, 1.82) is 0 Å². The van der Waals surface area contributed by atoms with Crippen LogP contribution in [-0.2, 0) is 6.54 Å². The van der Waals surface area contributed by atoms with Crippen LogP contribution >= 0.6 is 0 Å². The number of methoxy groups -OCH3 is 1. The van der Waals surface area contributed by atoms with E-state index >= 15 is 0 Å². The Kier molecular flexibility index (Phi) is 5.81. The molecule has 1 aromatic heterocycles. The molecule has 30 heavy (non-hydrogen) atoms. The lowest BCUT2D eigenvalue weighted by atomic mass is 10.0. The van der Waals surface area contributed by atoms with Crippen LogP contribution in [0.15, 0.2) is 57.7 Å². The van der Waals surface area contributed by atoms with Crippen LogP contribution in [0.5, 0.6) is 5.75 Å². The Balaban J connectivity index is 1.38. The third-order valence-electron chi connectivity index (χ3n) is 5.46. The number of ether oxygens (including phenoxy) is 1. The molecular weight excluding hydrogens is 387 g/mol. The van der Waals surface area contributed by atoms with Crippen LogP contribution in [0.4, 0.5) is 4.39 Å². The average Bonchev–Trinajstić information content (AvgIpc) is 2.75. The molecule has 0 unspecified atom stereocenters. The summed E-state index contributed by atoms with van der Waals surface area (Å²) < 4.78 is 23.5. The molecule has 0 aliphatic carbocycles. The normalized spacial score (nSPS) is 15.3. The third kappa shape index (κ3) is 4.52. The summed E-state index contributed by atoms with van der Waals surface area (Å²) in [6, 6.07) is 12.6. The Morgan fingerprint density at radius 1 is 1.17 bits per heavy atom. The van der Waals surface area contributed by atoms with Gasteiger partial charge >= 0.3 is 5.63 Å². The van der Waals surface area contributed by atoms with Gasteiger partial charge in [0.05, 0.1) is 7.11 Å². The fourth-order valence-corrected chi connectivity index (χ4v) is 3.81. The molecule has 4 rings (SSSR count). The lowest BCUT2D eigenvalue weighted by Gasteiger charge is -2.32. The molecule has 156 valence electrons. The molecule has 2 aromatic carbocycles. The Hall–Kier alpha value is -3.19. The lowest BCUT2D eigenvalue weighted by Crippen LogP contribution is -2.44. The number of carbonyl (C=O) groups is 1. The molecule has 1 aliphatic rings. The van der Waals surface area contributed by atoms with Gasteiger partial charge in [-0.15, -0.1) is 0 Å². The van der Waals surface area contributed by atoms with Crippen molar-refractivity contribution < 1.29 is 18.3 Å². The van der Waals surface area contributed by atoms with E-state index in [0.717, 1.165) is 36.9 Å². The molecule has 2 heterocycles. The molecule has 0 atom stereocenters. The summed E-state index contributed by atoms with van der Waals surface area (Å²) in [5.74, 6) is 0.0929. The maximum absolute atomic E-state index is 13.0. The molecule has 7 heteroatoms. The molecule has 1 aliphatic heterocycles. The first-order valence-corrected chi connectivity index (χ1v) is 9.91. The minimum Gasteiger partial charge on any atom is -0.497 e. The molecule has 1 amide bonds. The summed E-state index contributed by atoms with van der Waals surface area (Å²) >= 11 is 0. The van der Waals surface area contributed by atoms with Crippen LogP contribution in [0.1, 0.15) is 28.8 Å². The van der Waals surface area contributed by atoms with E-state index in [4.69, 9.17) is 9.15 Å². The quantitative estimate of drug-likeness (QED) is 0.654. The largest absolute Gasteiger partial charge is 0.497 e. The van der Waals surface area contributed by atoms with E-state index in [2.05, 4.69) is 10.2 Å². The van der Waals surface area contributed by atoms with Crippen molar-refractivity contribution in [3.8, 4) is 5.75 Å². The van der Waals surface area contributed by atoms with E-state index in [1.54, 1.807) is 13.2 Å². The summed E-state index contributed by atoms with van der Waals surface area (Å²) in [4.78, 5) is 26.6. The van der Waals surface area contributed by atoms with Gasteiger partial charge in [0.25, 0.3) is 5.91 Å². The lowest BCUT2D eigenvalue weighted by molar-refractivity contribution is 0.0909. The Morgan fingerprint density at radius 2 is 1.90 bits per heavy atom. The topological polar surface area (TPSA) is 71.8 Å². The Bertz CT molecular complexity index is 1100. The predicted molar refractivity (Wildman–Crippen MR) is 111 cm³/mol. The molecule has 0 saturated carbocycles. The van der Waals surface area contributed by atoms with Crippen molar-refractivity contribution in [2.45, 2.75) is 25.4 Å². The first-order valence-electron chi connectivity index (χ1n) is 9.91. The minimum atomic E-state index is -0.382. The highest BCUT2D eigenvalue weighted by Gasteiger charge is 2.22. The first kappa shape index (κ1) is 20.1. The van der Waals surface area contributed by atoms with Crippen molar-refractivity contribution in [2.24, 2.45) is 0 Å². The van der Waals surface area contributed by atoms with Gasteiger partial charge in [0, 0.05) is 48.8 Å². The van der Waals surface area contributed by atoms with E-state index in [1.807, 2.05) is 12.1 Å². The van der Waals surface area contributed by atoms with Gasteiger partial charge < -0.3 is 14.5 Å². The van der Waals surface area contributed by atoms with Crippen molar-refractivity contribution in [3.63, 3.8) is 0 Å². The second kappa shape index (κ2) is 8.67. The minimum absolute atomic E-state index is 0.0700. The number of carbonyl (C=O) groups excluding carboxylic acids is 1. The fourth-order valence-electron chi connectivity index (χ4n) is 3.81. The van der Waals surface area contributed by atoms with Gasteiger partial charge in [-0.3, -0.25) is 9.69 Å². The van der Waals surface area contributed by atoms with E-state index < -0.39 is 0 Å². The highest BCUT2D eigenvalue weighted by molar-refractivity contribution is 5.94. The number of nitrogens with one attached hydrogen (secondary N) is 1. The Labute approximate surface area is 173 Å². The van der Waals surface area contributed by atoms with Gasteiger partial charge in [-0.25, -0.2) is 9.18 Å². The number of halogens is 1. The molecule has 0 spiro atoms. The van der Waals surface area contributed by atoms with Crippen LogP contribution in [0, 0.1) is 5.82 Å². The highest BCUT2D eigenvalue weighted by atomic mass is 19.1. The number of amides is 1. The zero-order valence-corrected chi connectivity index (χ0v) is 16.7. The smallest absolute Gasteiger partial charge is 0.336 e. The molecular formula is C23H23FN2O4. The number of piperidine rings is 1. The summed E-state index contributed by atoms with van der Waals surface area (Å²) in [7, 11) is 1.57. The molecule has 0 bridgehead atoms. The van der Waals surface area contributed by atoms with Crippen LogP contribution < -0.4 is 15.7 Å². The molecule has 6 nitrogen and oxygen atoms in total. The third-order valence-corrected chi connectivity index (χ3v) is 5.46. The van der Waals surface area contributed by atoms with Gasteiger partial charge in [-0.2, -0.15) is 0 Å². The van der Waals surface area contributed by atoms with Gasteiger partial charge in [0.2, 0.25) is 0 Å². The number of nitrogens with zero attached hydrogens (tertiary/aromatic N) is 1. The monoisotopic (exact) mass is 410 g/mol. The summed E-state index contributed by atoms with van der Waals surface area (Å²) in [6.45, 7) is 2.23. The van der Waals surface area contributed by atoms with Crippen molar-refractivity contribution in [3.05, 3.63) is 75.9 Å². The van der Waals surface area contributed by atoms with E-state index in [9.17, 15) is 14.0 Å². The summed E-state index contributed by atoms with van der Waals surface area (Å²) in [5, 5.41) is 3.91. The van der Waals surface area contributed by atoms with Crippen LogP contribution in [-0.4, -0.2) is 37.0 Å². The number of fused-ring (bicyclic) bond motifs is 1. The number of hydrogen-bond acceptors (Lipinski definition) is 5. The number of rotatable bonds is 5. The van der Waals surface area contributed by atoms with Gasteiger partial charge in [-0.1, -0.05) is 0 Å².